The summed E-state index contributed by atoms with van der Waals surface area (Å²) in [6, 6.07) is 10.7. The van der Waals surface area contributed by atoms with Crippen molar-refractivity contribution < 1.29 is 9.18 Å². The molecule has 0 N–H and O–H groups in total. The predicted molar refractivity (Wildman–Crippen MR) is 122 cm³/mol. The van der Waals surface area contributed by atoms with Gasteiger partial charge in [0, 0.05) is 29.6 Å². The maximum atomic E-state index is 13.2. The zero-order chi connectivity index (χ0) is 22.4. The fourth-order valence-corrected chi connectivity index (χ4v) is 5.06. The smallest absolute Gasteiger partial charge is 0.254 e. The van der Waals surface area contributed by atoms with Crippen LogP contribution < -0.4 is 0 Å². The van der Waals surface area contributed by atoms with Gasteiger partial charge >= 0.3 is 0 Å². The SMILES string of the molecule is C[C@@H]1c2nnc(-c3csc(-c4cccc(Cl)c4Cl)n3)n2CCN1C(=O)c1ccc(F)cc1. The minimum absolute atomic E-state index is 0.167. The third-order valence-electron chi connectivity index (χ3n) is 5.45. The van der Waals surface area contributed by atoms with Crippen LogP contribution in [0.1, 0.15) is 29.1 Å². The van der Waals surface area contributed by atoms with Gasteiger partial charge in [0.25, 0.3) is 5.91 Å². The van der Waals surface area contributed by atoms with Crippen molar-refractivity contribution in [2.75, 3.05) is 6.54 Å². The molecule has 1 aliphatic rings. The predicted octanol–water partition coefficient (Wildman–Crippen LogP) is 5.73. The van der Waals surface area contributed by atoms with Gasteiger partial charge in [0.05, 0.1) is 16.1 Å². The third-order valence-corrected chi connectivity index (χ3v) is 7.15. The van der Waals surface area contributed by atoms with E-state index in [0.29, 0.717) is 46.0 Å². The van der Waals surface area contributed by atoms with Crippen molar-refractivity contribution in [2.45, 2.75) is 19.5 Å². The lowest BCUT2D eigenvalue weighted by atomic mass is 10.1. The number of rotatable bonds is 3. The largest absolute Gasteiger partial charge is 0.327 e. The standard InChI is InChI=1S/C22H16Cl2FN5OS/c1-12-19-27-28-20(17-11-32-21(26-17)15-3-2-4-16(23)18(15)24)30(19)10-9-29(12)22(31)13-5-7-14(25)8-6-13/h2-8,11-12H,9-10H2,1H3/t12-/m1/s1. The van der Waals surface area contributed by atoms with Crippen molar-refractivity contribution in [1.29, 1.82) is 0 Å². The quantitative estimate of drug-likeness (QED) is 0.370. The fraction of sp³-hybridized carbons (Fsp3) is 0.182. The number of nitrogens with zero attached hydrogens (tertiary/aromatic N) is 5. The number of carbonyl (C=O) groups excluding carboxylic acids is 1. The molecule has 4 aromatic rings. The Kier molecular flexibility index (Phi) is 5.44. The molecule has 1 amide bonds. The number of hydrogen-bond acceptors (Lipinski definition) is 5. The number of halogens is 3. The van der Waals surface area contributed by atoms with Gasteiger partial charge in [0.2, 0.25) is 0 Å². The molecule has 0 spiro atoms. The van der Waals surface area contributed by atoms with Crippen LogP contribution in [0.3, 0.4) is 0 Å². The Labute approximate surface area is 197 Å². The highest BCUT2D eigenvalue weighted by Crippen LogP contribution is 2.37. The molecule has 0 radical (unpaired) electrons. The Morgan fingerprint density at radius 3 is 2.69 bits per heavy atom. The van der Waals surface area contributed by atoms with Crippen LogP contribution in [-0.4, -0.2) is 37.1 Å². The molecule has 0 saturated heterocycles. The number of aromatic nitrogens is 4. The number of benzene rings is 2. The van der Waals surface area contributed by atoms with Gasteiger partial charge in [-0.2, -0.15) is 0 Å². The molecular formula is C22H16Cl2FN5OS. The summed E-state index contributed by atoms with van der Waals surface area (Å²) < 4.78 is 15.2. The summed E-state index contributed by atoms with van der Waals surface area (Å²) in [5.41, 5.74) is 1.89. The lowest BCUT2D eigenvalue weighted by Gasteiger charge is -2.33. The van der Waals surface area contributed by atoms with Gasteiger partial charge in [0.1, 0.15) is 16.5 Å². The average molecular weight is 488 g/mol. The number of amides is 1. The van der Waals surface area contributed by atoms with Crippen LogP contribution in [0, 0.1) is 5.82 Å². The molecule has 2 aromatic heterocycles. The summed E-state index contributed by atoms with van der Waals surface area (Å²) in [4.78, 5) is 19.4. The molecule has 1 atom stereocenters. The highest BCUT2D eigenvalue weighted by molar-refractivity contribution is 7.13. The minimum Gasteiger partial charge on any atom is -0.327 e. The van der Waals surface area contributed by atoms with Crippen molar-refractivity contribution in [1.82, 2.24) is 24.6 Å². The lowest BCUT2D eigenvalue weighted by molar-refractivity contribution is 0.0638. The molecule has 10 heteroatoms. The Morgan fingerprint density at radius 2 is 1.91 bits per heavy atom. The first-order valence-corrected chi connectivity index (χ1v) is 11.5. The lowest BCUT2D eigenvalue weighted by Crippen LogP contribution is -2.41. The molecule has 32 heavy (non-hydrogen) atoms. The van der Waals surface area contributed by atoms with Crippen LogP contribution in [0.25, 0.3) is 22.1 Å². The molecule has 3 heterocycles. The van der Waals surface area contributed by atoms with E-state index in [-0.39, 0.29) is 17.8 Å². The van der Waals surface area contributed by atoms with Crippen molar-refractivity contribution in [3.8, 4) is 22.1 Å². The van der Waals surface area contributed by atoms with E-state index in [1.807, 2.05) is 29.0 Å². The molecule has 0 unspecified atom stereocenters. The summed E-state index contributed by atoms with van der Waals surface area (Å²) in [7, 11) is 0. The van der Waals surface area contributed by atoms with Crippen LogP contribution in [0.5, 0.6) is 0 Å². The van der Waals surface area contributed by atoms with Crippen LogP contribution >= 0.6 is 34.5 Å². The molecule has 0 saturated carbocycles. The van der Waals surface area contributed by atoms with E-state index in [0.717, 1.165) is 10.6 Å². The summed E-state index contributed by atoms with van der Waals surface area (Å²) in [5, 5.41) is 12.3. The molecule has 0 aliphatic carbocycles. The normalized spacial score (nSPS) is 15.6. The van der Waals surface area contributed by atoms with E-state index in [1.54, 1.807) is 11.0 Å². The van der Waals surface area contributed by atoms with E-state index in [9.17, 15) is 9.18 Å². The van der Waals surface area contributed by atoms with Crippen molar-refractivity contribution in [3.05, 3.63) is 75.1 Å². The Balaban J connectivity index is 1.43. The maximum absolute atomic E-state index is 13.2. The van der Waals surface area contributed by atoms with Crippen LogP contribution in [0.2, 0.25) is 10.0 Å². The number of carbonyl (C=O) groups is 1. The van der Waals surface area contributed by atoms with E-state index in [1.165, 1.54) is 35.6 Å². The monoisotopic (exact) mass is 487 g/mol. The summed E-state index contributed by atoms with van der Waals surface area (Å²) in [6.45, 7) is 2.91. The number of thiazole rings is 1. The molecule has 5 rings (SSSR count). The third kappa shape index (κ3) is 3.58. The number of hydrogen-bond donors (Lipinski definition) is 0. The Morgan fingerprint density at radius 1 is 1.12 bits per heavy atom. The van der Waals surface area contributed by atoms with Gasteiger partial charge in [-0.15, -0.1) is 21.5 Å². The molecule has 0 bridgehead atoms. The van der Waals surface area contributed by atoms with Gasteiger partial charge in [-0.1, -0.05) is 35.3 Å². The van der Waals surface area contributed by atoms with Crippen LogP contribution in [0.4, 0.5) is 4.39 Å². The van der Waals surface area contributed by atoms with Gasteiger partial charge < -0.3 is 9.47 Å². The van der Waals surface area contributed by atoms with Gasteiger partial charge in [-0.25, -0.2) is 9.37 Å². The maximum Gasteiger partial charge on any atom is 0.254 e. The zero-order valence-corrected chi connectivity index (χ0v) is 19.1. The second-order valence-electron chi connectivity index (χ2n) is 7.35. The number of fused-ring (bicyclic) bond motifs is 1. The summed E-state index contributed by atoms with van der Waals surface area (Å²) in [5.74, 6) is 0.776. The average Bonchev–Trinajstić information content (AvgIpc) is 3.43. The highest BCUT2D eigenvalue weighted by Gasteiger charge is 2.32. The highest BCUT2D eigenvalue weighted by atomic mass is 35.5. The molecule has 2 aromatic carbocycles. The molecule has 6 nitrogen and oxygen atoms in total. The van der Waals surface area contributed by atoms with Gasteiger partial charge in [0.15, 0.2) is 11.6 Å². The van der Waals surface area contributed by atoms with E-state index in [2.05, 4.69) is 10.2 Å². The minimum atomic E-state index is -0.376. The first kappa shape index (κ1) is 21.1. The Hall–Kier alpha value is -2.81. The zero-order valence-electron chi connectivity index (χ0n) is 16.8. The van der Waals surface area contributed by atoms with Crippen LogP contribution in [-0.2, 0) is 6.54 Å². The second-order valence-corrected chi connectivity index (χ2v) is 9.00. The van der Waals surface area contributed by atoms with Crippen molar-refractivity contribution in [3.63, 3.8) is 0 Å². The Bertz CT molecular complexity index is 1320. The van der Waals surface area contributed by atoms with Gasteiger partial charge in [-0.05, 0) is 37.3 Å². The first-order chi connectivity index (χ1) is 15.4. The fourth-order valence-electron chi connectivity index (χ4n) is 3.78. The molecule has 162 valence electrons. The van der Waals surface area contributed by atoms with E-state index in [4.69, 9.17) is 28.2 Å². The van der Waals surface area contributed by atoms with Crippen molar-refractivity contribution >= 4 is 40.4 Å². The summed E-state index contributed by atoms with van der Waals surface area (Å²) in [6.07, 6.45) is 0. The molecule has 1 aliphatic heterocycles. The van der Waals surface area contributed by atoms with Gasteiger partial charge in [-0.3, -0.25) is 4.79 Å². The topological polar surface area (TPSA) is 63.9 Å². The second kappa shape index (κ2) is 8.27. The molecule has 0 fully saturated rings. The van der Waals surface area contributed by atoms with E-state index < -0.39 is 0 Å². The first-order valence-electron chi connectivity index (χ1n) is 9.84. The van der Waals surface area contributed by atoms with Crippen molar-refractivity contribution in [2.24, 2.45) is 0 Å². The van der Waals surface area contributed by atoms with E-state index >= 15 is 0 Å². The van der Waals surface area contributed by atoms with Crippen LogP contribution in [0.15, 0.2) is 47.8 Å². The molecular weight excluding hydrogens is 472 g/mol. The summed E-state index contributed by atoms with van der Waals surface area (Å²) >= 11 is 13.9.